The van der Waals surface area contributed by atoms with E-state index in [4.69, 9.17) is 4.98 Å². The van der Waals surface area contributed by atoms with Crippen molar-refractivity contribution in [3.8, 4) is 0 Å². The largest absolute Gasteiger partial charge is 0.345 e. The smallest absolute Gasteiger partial charge is 0.251 e. The minimum Gasteiger partial charge on any atom is -0.345 e. The first-order valence-electron chi connectivity index (χ1n) is 9.44. The molecule has 0 saturated carbocycles. The lowest BCUT2D eigenvalue weighted by atomic mass is 10.0. The lowest BCUT2D eigenvalue weighted by molar-refractivity contribution is 0.0936. The number of benzene rings is 3. The summed E-state index contributed by atoms with van der Waals surface area (Å²) in [6.07, 6.45) is 0.618. The van der Waals surface area contributed by atoms with Gasteiger partial charge < -0.3 is 9.88 Å². The lowest BCUT2D eigenvalue weighted by Crippen LogP contribution is -2.30. The highest BCUT2D eigenvalue weighted by Gasteiger charge is 2.19. The summed E-state index contributed by atoms with van der Waals surface area (Å²) in [5.74, 6) is 0.867. The number of imidazole rings is 1. The molecule has 3 aromatic carbocycles. The molecule has 1 amide bonds. The van der Waals surface area contributed by atoms with Gasteiger partial charge in [-0.25, -0.2) is 4.98 Å². The Labute approximate surface area is 164 Å². The normalized spacial score (nSPS) is 12.1. The third-order valence-corrected chi connectivity index (χ3v) is 5.09. The Hall–Kier alpha value is -3.40. The van der Waals surface area contributed by atoms with Gasteiger partial charge in [-0.3, -0.25) is 4.79 Å². The fourth-order valence-electron chi connectivity index (χ4n) is 3.44. The zero-order valence-corrected chi connectivity index (χ0v) is 16.1. The van der Waals surface area contributed by atoms with Crippen LogP contribution in [0.2, 0.25) is 0 Å². The van der Waals surface area contributed by atoms with Crippen molar-refractivity contribution in [1.29, 1.82) is 0 Å². The van der Waals surface area contributed by atoms with Gasteiger partial charge in [0, 0.05) is 19.0 Å². The van der Waals surface area contributed by atoms with Crippen molar-refractivity contribution in [3.63, 3.8) is 0 Å². The van der Waals surface area contributed by atoms with Gasteiger partial charge in [0.15, 0.2) is 0 Å². The van der Waals surface area contributed by atoms with Crippen molar-refractivity contribution in [2.45, 2.75) is 19.4 Å². The zero-order valence-electron chi connectivity index (χ0n) is 16.1. The van der Waals surface area contributed by atoms with Crippen molar-refractivity contribution < 1.29 is 4.79 Å². The molecule has 4 rings (SSSR count). The van der Waals surface area contributed by atoms with Gasteiger partial charge in [0.05, 0.1) is 17.1 Å². The van der Waals surface area contributed by atoms with E-state index in [9.17, 15) is 4.79 Å². The number of para-hydroxylation sites is 2. The molecule has 0 aliphatic carbocycles. The van der Waals surface area contributed by atoms with Crippen LogP contribution in [0.15, 0.2) is 78.9 Å². The quantitative estimate of drug-likeness (QED) is 0.559. The van der Waals surface area contributed by atoms with Crippen molar-refractivity contribution in [1.82, 2.24) is 14.9 Å². The Kier molecular flexibility index (Phi) is 4.94. The van der Waals surface area contributed by atoms with Gasteiger partial charge in [0.1, 0.15) is 5.82 Å². The van der Waals surface area contributed by atoms with Crippen molar-refractivity contribution in [3.05, 3.63) is 101 Å². The topological polar surface area (TPSA) is 46.9 Å². The van der Waals surface area contributed by atoms with Gasteiger partial charge in [-0.15, -0.1) is 0 Å². The Bertz CT molecular complexity index is 1100. The van der Waals surface area contributed by atoms with E-state index in [1.807, 2.05) is 86.8 Å². The average Bonchev–Trinajstić information content (AvgIpc) is 3.04. The summed E-state index contributed by atoms with van der Waals surface area (Å²) in [6, 6.07) is 25.6. The third kappa shape index (κ3) is 3.67. The van der Waals surface area contributed by atoms with Crippen LogP contribution in [0, 0.1) is 6.92 Å². The van der Waals surface area contributed by atoms with Gasteiger partial charge in [0.2, 0.25) is 0 Å². The second-order valence-electron chi connectivity index (χ2n) is 7.08. The predicted octanol–water partition coefficient (Wildman–Crippen LogP) is 4.60. The van der Waals surface area contributed by atoms with Crippen LogP contribution in [-0.2, 0) is 13.5 Å². The molecule has 1 atom stereocenters. The van der Waals surface area contributed by atoms with E-state index in [1.54, 1.807) is 0 Å². The van der Waals surface area contributed by atoms with Gasteiger partial charge in [0.25, 0.3) is 5.91 Å². The SMILES string of the molecule is Cc1ccc(C(=O)N[C@H](Cc2nc3ccccc3n2C)c2ccccc2)cc1. The zero-order chi connectivity index (χ0) is 19.5. The maximum absolute atomic E-state index is 12.8. The fraction of sp³-hybridized carbons (Fsp3) is 0.167. The summed E-state index contributed by atoms with van der Waals surface area (Å²) >= 11 is 0. The molecule has 140 valence electrons. The first-order chi connectivity index (χ1) is 13.6. The molecular weight excluding hydrogens is 346 g/mol. The third-order valence-electron chi connectivity index (χ3n) is 5.09. The highest BCUT2D eigenvalue weighted by molar-refractivity contribution is 5.94. The average molecular weight is 369 g/mol. The number of hydrogen-bond acceptors (Lipinski definition) is 2. The Balaban J connectivity index is 1.64. The van der Waals surface area contributed by atoms with Crippen molar-refractivity contribution >= 4 is 16.9 Å². The summed E-state index contributed by atoms with van der Waals surface area (Å²) in [5, 5.41) is 3.20. The first-order valence-corrected chi connectivity index (χ1v) is 9.44. The highest BCUT2D eigenvalue weighted by Crippen LogP contribution is 2.22. The van der Waals surface area contributed by atoms with Crippen molar-refractivity contribution in [2.24, 2.45) is 7.05 Å². The number of fused-ring (bicyclic) bond motifs is 1. The molecule has 1 aromatic heterocycles. The minimum atomic E-state index is -0.162. The molecule has 0 bridgehead atoms. The maximum atomic E-state index is 12.8. The minimum absolute atomic E-state index is 0.0763. The summed E-state index contributed by atoms with van der Waals surface area (Å²) in [4.78, 5) is 17.6. The number of carbonyl (C=O) groups excluding carboxylic acids is 1. The number of amides is 1. The Morgan fingerprint density at radius 2 is 1.64 bits per heavy atom. The van der Waals surface area contributed by atoms with E-state index < -0.39 is 0 Å². The van der Waals surface area contributed by atoms with Crippen LogP contribution in [-0.4, -0.2) is 15.5 Å². The molecule has 0 aliphatic heterocycles. The van der Waals surface area contributed by atoms with Gasteiger partial charge in [-0.2, -0.15) is 0 Å². The lowest BCUT2D eigenvalue weighted by Gasteiger charge is -2.19. The van der Waals surface area contributed by atoms with E-state index >= 15 is 0 Å². The molecule has 0 unspecified atom stereocenters. The van der Waals surface area contributed by atoms with Gasteiger partial charge in [-0.05, 0) is 36.8 Å². The predicted molar refractivity (Wildman–Crippen MR) is 112 cm³/mol. The van der Waals surface area contributed by atoms with E-state index in [-0.39, 0.29) is 11.9 Å². The van der Waals surface area contributed by atoms with E-state index in [0.717, 1.165) is 28.0 Å². The molecule has 1 heterocycles. The molecule has 4 aromatic rings. The summed E-state index contributed by atoms with van der Waals surface area (Å²) in [6.45, 7) is 2.01. The first kappa shape index (κ1) is 18.0. The van der Waals surface area contributed by atoms with Crippen LogP contribution in [0.3, 0.4) is 0 Å². The van der Waals surface area contributed by atoms with Crippen LogP contribution in [0.4, 0.5) is 0 Å². The molecule has 0 saturated heterocycles. The number of nitrogens with zero attached hydrogens (tertiary/aromatic N) is 2. The second kappa shape index (κ2) is 7.69. The molecule has 28 heavy (non-hydrogen) atoms. The van der Waals surface area contributed by atoms with E-state index in [2.05, 4.69) is 16.0 Å². The number of rotatable bonds is 5. The number of aryl methyl sites for hydroxylation is 2. The van der Waals surface area contributed by atoms with Gasteiger partial charge >= 0.3 is 0 Å². The van der Waals surface area contributed by atoms with Gasteiger partial charge in [-0.1, -0.05) is 60.2 Å². The molecule has 4 heteroatoms. The molecule has 1 N–H and O–H groups in total. The highest BCUT2D eigenvalue weighted by atomic mass is 16.1. The number of aromatic nitrogens is 2. The molecule has 4 nitrogen and oxygen atoms in total. The Morgan fingerprint density at radius 3 is 2.36 bits per heavy atom. The second-order valence-corrected chi connectivity index (χ2v) is 7.08. The van der Waals surface area contributed by atoms with Crippen LogP contribution in [0.5, 0.6) is 0 Å². The van der Waals surface area contributed by atoms with E-state index in [0.29, 0.717) is 12.0 Å². The monoisotopic (exact) mass is 369 g/mol. The molecule has 0 fully saturated rings. The number of nitrogens with one attached hydrogen (secondary N) is 1. The van der Waals surface area contributed by atoms with Crippen molar-refractivity contribution in [2.75, 3.05) is 0 Å². The Morgan fingerprint density at radius 1 is 0.964 bits per heavy atom. The molecule has 0 spiro atoms. The summed E-state index contributed by atoms with van der Waals surface area (Å²) < 4.78 is 2.10. The standard InChI is InChI=1S/C24H23N3O/c1-17-12-14-19(15-13-17)24(28)26-21(18-8-4-3-5-9-18)16-23-25-20-10-6-7-11-22(20)27(23)2/h3-15,21H,16H2,1-2H3,(H,26,28)/t21-/m1/s1. The van der Waals surface area contributed by atoms with Crippen LogP contribution < -0.4 is 5.32 Å². The summed E-state index contributed by atoms with van der Waals surface area (Å²) in [7, 11) is 2.02. The summed E-state index contributed by atoms with van der Waals surface area (Å²) in [5.41, 5.74) is 4.92. The maximum Gasteiger partial charge on any atom is 0.251 e. The molecule has 0 radical (unpaired) electrons. The number of hydrogen-bond donors (Lipinski definition) is 1. The van der Waals surface area contributed by atoms with Crippen LogP contribution in [0.25, 0.3) is 11.0 Å². The van der Waals surface area contributed by atoms with Crippen LogP contribution >= 0.6 is 0 Å². The number of carbonyl (C=O) groups is 1. The fourth-order valence-corrected chi connectivity index (χ4v) is 3.44. The van der Waals surface area contributed by atoms with Crippen LogP contribution in [0.1, 0.15) is 33.4 Å². The molecular formula is C24H23N3O. The molecule has 0 aliphatic rings. The van der Waals surface area contributed by atoms with E-state index in [1.165, 1.54) is 0 Å².